The summed E-state index contributed by atoms with van der Waals surface area (Å²) in [6, 6.07) is 8.27. The summed E-state index contributed by atoms with van der Waals surface area (Å²) in [5, 5.41) is 3.27. The van der Waals surface area contributed by atoms with E-state index in [9.17, 15) is 8.42 Å². The zero-order valence-corrected chi connectivity index (χ0v) is 11.2. The molecule has 0 atom stereocenters. The van der Waals surface area contributed by atoms with Crippen LogP contribution < -0.4 is 5.32 Å². The smallest absolute Gasteiger partial charge is 0.147 e. The van der Waals surface area contributed by atoms with Gasteiger partial charge in [0.15, 0.2) is 0 Å². The Bertz CT molecular complexity index is 504. The lowest BCUT2D eigenvalue weighted by Gasteiger charge is -2.44. The number of hydrogen-bond donors (Lipinski definition) is 1. The molecule has 4 heteroatoms. The van der Waals surface area contributed by atoms with Crippen molar-refractivity contribution in [2.75, 3.05) is 25.1 Å². The van der Waals surface area contributed by atoms with Crippen LogP contribution in [0.3, 0.4) is 0 Å². The van der Waals surface area contributed by atoms with E-state index in [1.807, 2.05) is 12.1 Å². The van der Waals surface area contributed by atoms with Gasteiger partial charge in [-0.3, -0.25) is 0 Å². The summed E-state index contributed by atoms with van der Waals surface area (Å²) in [5.41, 5.74) is 2.57. The number of sulfone groups is 1. The molecular weight excluding hydrogens is 234 g/mol. The van der Waals surface area contributed by atoms with E-state index in [2.05, 4.69) is 24.4 Å². The van der Waals surface area contributed by atoms with E-state index in [-0.39, 0.29) is 11.2 Å². The molecule has 0 aromatic heterocycles. The minimum atomic E-state index is -2.88. The minimum Gasteiger partial charge on any atom is -0.315 e. The molecule has 0 spiro atoms. The van der Waals surface area contributed by atoms with Crippen molar-refractivity contribution in [1.29, 1.82) is 0 Å². The fraction of sp³-hybridized carbons (Fsp3) is 0.538. The van der Waals surface area contributed by atoms with E-state index in [1.54, 1.807) is 0 Å². The third kappa shape index (κ3) is 2.69. The van der Waals surface area contributed by atoms with Gasteiger partial charge < -0.3 is 5.32 Å². The third-order valence-electron chi connectivity index (χ3n) is 3.59. The van der Waals surface area contributed by atoms with E-state index in [0.717, 1.165) is 13.1 Å². The minimum absolute atomic E-state index is 0.0222. The second-order valence-electron chi connectivity index (χ2n) is 5.08. The van der Waals surface area contributed by atoms with Gasteiger partial charge in [0.2, 0.25) is 0 Å². The maximum Gasteiger partial charge on any atom is 0.147 e. The average Bonchev–Trinajstić information content (AvgIpc) is 2.17. The van der Waals surface area contributed by atoms with E-state index in [4.69, 9.17) is 0 Å². The molecule has 17 heavy (non-hydrogen) atoms. The molecule has 94 valence electrons. The summed E-state index contributed by atoms with van der Waals surface area (Å²) in [5.74, 6) is 0.267. The van der Waals surface area contributed by atoms with Crippen molar-refractivity contribution in [2.45, 2.75) is 18.8 Å². The highest BCUT2D eigenvalue weighted by molar-refractivity contribution is 7.90. The highest BCUT2D eigenvalue weighted by Gasteiger charge is 2.39. The second-order valence-corrected chi connectivity index (χ2v) is 7.34. The molecule has 0 amide bonds. The summed E-state index contributed by atoms with van der Waals surface area (Å²) < 4.78 is 22.6. The van der Waals surface area contributed by atoms with E-state index in [0.29, 0.717) is 6.42 Å². The third-order valence-corrected chi connectivity index (χ3v) is 4.54. The molecule has 2 rings (SSSR count). The van der Waals surface area contributed by atoms with Gasteiger partial charge in [-0.25, -0.2) is 8.42 Å². The molecule has 1 aliphatic rings. The lowest BCUT2D eigenvalue weighted by molar-refractivity contribution is 0.267. The fourth-order valence-corrected chi connectivity index (χ4v) is 3.24. The fourth-order valence-electron chi connectivity index (χ4n) is 2.48. The first-order valence-electron chi connectivity index (χ1n) is 5.88. The first kappa shape index (κ1) is 12.6. The Morgan fingerprint density at radius 2 is 1.94 bits per heavy atom. The Labute approximate surface area is 103 Å². The van der Waals surface area contributed by atoms with Crippen molar-refractivity contribution in [1.82, 2.24) is 5.32 Å². The van der Waals surface area contributed by atoms with Crippen LogP contribution in [0.2, 0.25) is 0 Å². The normalized spacial score (nSPS) is 18.7. The monoisotopic (exact) mass is 253 g/mol. The molecule has 1 aliphatic heterocycles. The van der Waals surface area contributed by atoms with Crippen molar-refractivity contribution in [3.8, 4) is 0 Å². The Morgan fingerprint density at radius 3 is 2.41 bits per heavy atom. The predicted octanol–water partition coefficient (Wildman–Crippen LogP) is 1.27. The molecule has 1 N–H and O–H groups in total. The zero-order valence-electron chi connectivity index (χ0n) is 10.4. The maximum atomic E-state index is 11.3. The van der Waals surface area contributed by atoms with Crippen LogP contribution in [0.5, 0.6) is 0 Å². The van der Waals surface area contributed by atoms with Crippen LogP contribution in [0.25, 0.3) is 0 Å². The molecule has 1 aromatic rings. The van der Waals surface area contributed by atoms with Gasteiger partial charge in [0.05, 0.1) is 5.75 Å². The first-order valence-corrected chi connectivity index (χ1v) is 7.94. The summed E-state index contributed by atoms with van der Waals surface area (Å²) in [6.07, 6.45) is 2.02. The van der Waals surface area contributed by atoms with Gasteiger partial charge in [-0.15, -0.1) is 0 Å². The van der Waals surface area contributed by atoms with Gasteiger partial charge in [0.25, 0.3) is 0 Å². The molecule has 0 radical (unpaired) electrons. The van der Waals surface area contributed by atoms with Gasteiger partial charge in [0, 0.05) is 24.8 Å². The molecule has 1 heterocycles. The molecule has 0 unspecified atom stereocenters. The highest BCUT2D eigenvalue weighted by Crippen LogP contribution is 2.34. The second kappa shape index (κ2) is 4.42. The van der Waals surface area contributed by atoms with Crippen molar-refractivity contribution >= 4 is 9.84 Å². The van der Waals surface area contributed by atoms with Gasteiger partial charge in [-0.2, -0.15) is 0 Å². The maximum absolute atomic E-state index is 11.3. The van der Waals surface area contributed by atoms with Crippen molar-refractivity contribution in [3.05, 3.63) is 35.4 Å². The van der Waals surface area contributed by atoms with Crippen LogP contribution >= 0.6 is 0 Å². The number of benzene rings is 1. The van der Waals surface area contributed by atoms with Crippen LogP contribution in [-0.4, -0.2) is 33.5 Å². The lowest BCUT2D eigenvalue weighted by atomic mass is 9.71. The van der Waals surface area contributed by atoms with Crippen LogP contribution in [0.15, 0.2) is 24.3 Å². The Balaban J connectivity index is 2.23. The van der Waals surface area contributed by atoms with Gasteiger partial charge >= 0.3 is 0 Å². The van der Waals surface area contributed by atoms with E-state index < -0.39 is 9.84 Å². The number of aryl methyl sites for hydroxylation is 1. The Hall–Kier alpha value is -0.870. The summed E-state index contributed by atoms with van der Waals surface area (Å²) >= 11 is 0. The lowest BCUT2D eigenvalue weighted by Crippen LogP contribution is -2.57. The SMILES string of the molecule is Cc1ccccc1C1(CCS(C)(=O)=O)CNC1. The molecule has 1 fully saturated rings. The van der Waals surface area contributed by atoms with Crippen LogP contribution in [-0.2, 0) is 15.3 Å². The van der Waals surface area contributed by atoms with Gasteiger partial charge in [0.1, 0.15) is 9.84 Å². The zero-order chi connectivity index (χ0) is 12.5. The van der Waals surface area contributed by atoms with Crippen molar-refractivity contribution in [2.24, 2.45) is 0 Å². The van der Waals surface area contributed by atoms with E-state index >= 15 is 0 Å². The molecule has 1 aromatic carbocycles. The first-order chi connectivity index (χ1) is 7.93. The topological polar surface area (TPSA) is 46.2 Å². The number of hydrogen-bond acceptors (Lipinski definition) is 3. The van der Waals surface area contributed by atoms with Crippen molar-refractivity contribution in [3.63, 3.8) is 0 Å². The van der Waals surface area contributed by atoms with Crippen LogP contribution in [0.4, 0.5) is 0 Å². The van der Waals surface area contributed by atoms with Crippen LogP contribution in [0.1, 0.15) is 17.5 Å². The van der Waals surface area contributed by atoms with Gasteiger partial charge in [-0.05, 0) is 24.5 Å². The van der Waals surface area contributed by atoms with Gasteiger partial charge in [-0.1, -0.05) is 24.3 Å². The quantitative estimate of drug-likeness (QED) is 0.879. The number of rotatable bonds is 4. The Morgan fingerprint density at radius 1 is 1.29 bits per heavy atom. The standard InChI is InChI=1S/C13H19NO2S/c1-11-5-3-4-6-12(11)13(9-14-10-13)7-8-17(2,15)16/h3-6,14H,7-10H2,1-2H3. The average molecular weight is 253 g/mol. The molecule has 0 bridgehead atoms. The summed E-state index contributed by atoms with van der Waals surface area (Å²) in [6.45, 7) is 3.86. The summed E-state index contributed by atoms with van der Waals surface area (Å²) in [4.78, 5) is 0. The molecule has 0 aliphatic carbocycles. The molecule has 1 saturated heterocycles. The largest absolute Gasteiger partial charge is 0.315 e. The van der Waals surface area contributed by atoms with E-state index in [1.165, 1.54) is 17.4 Å². The molecular formula is C13H19NO2S. The summed E-state index contributed by atoms with van der Waals surface area (Å²) in [7, 11) is -2.88. The predicted molar refractivity (Wildman–Crippen MR) is 70.1 cm³/mol. The highest BCUT2D eigenvalue weighted by atomic mass is 32.2. The molecule has 3 nitrogen and oxygen atoms in total. The van der Waals surface area contributed by atoms with Crippen LogP contribution in [0, 0.1) is 6.92 Å². The Kier molecular flexibility index (Phi) is 3.27. The number of nitrogens with one attached hydrogen (secondary N) is 1. The molecule has 0 saturated carbocycles. The van der Waals surface area contributed by atoms with Crippen molar-refractivity contribution < 1.29 is 8.42 Å².